The van der Waals surface area contributed by atoms with Crippen LogP contribution in [0.4, 0.5) is 4.79 Å². The number of hydrogen-bond acceptors (Lipinski definition) is 3. The Morgan fingerprint density at radius 2 is 1.57 bits per heavy atom. The summed E-state index contributed by atoms with van der Waals surface area (Å²) in [5.74, 6) is 0.681. The van der Waals surface area contributed by atoms with E-state index >= 15 is 0 Å². The van der Waals surface area contributed by atoms with Gasteiger partial charge in [0.05, 0.1) is 0 Å². The second-order valence-electron chi connectivity index (χ2n) is 8.76. The summed E-state index contributed by atoms with van der Waals surface area (Å²) >= 11 is 0. The van der Waals surface area contributed by atoms with Gasteiger partial charge in [0.2, 0.25) is 0 Å². The largest absolute Gasteiger partial charge is 0.448 e. The maximum Gasteiger partial charge on any atom is 0.409 e. The Kier molecular flexibility index (Phi) is 5.15. The van der Waals surface area contributed by atoms with Crippen molar-refractivity contribution in [2.45, 2.75) is 32.6 Å². The number of ether oxygens (including phenoxy) is 1. The molecule has 4 rings (SSSR count). The second-order valence-corrected chi connectivity index (χ2v) is 8.76. The molecule has 0 aromatic heterocycles. The molecule has 1 saturated heterocycles. The lowest BCUT2D eigenvalue weighted by Gasteiger charge is -2.39. The van der Waals surface area contributed by atoms with Crippen LogP contribution in [0.3, 0.4) is 0 Å². The van der Waals surface area contributed by atoms with Gasteiger partial charge in [-0.1, -0.05) is 62.4 Å². The van der Waals surface area contributed by atoms with Crippen LogP contribution in [0.15, 0.2) is 48.5 Å². The second kappa shape index (κ2) is 7.59. The lowest BCUT2D eigenvalue weighted by molar-refractivity contribution is 0.0670. The number of piperidine rings is 1. The van der Waals surface area contributed by atoms with Gasteiger partial charge < -0.3 is 15.4 Å². The maximum absolute atomic E-state index is 12.7. The average molecular weight is 379 g/mol. The van der Waals surface area contributed by atoms with E-state index in [9.17, 15) is 4.79 Å². The van der Waals surface area contributed by atoms with Crippen molar-refractivity contribution < 1.29 is 9.53 Å². The van der Waals surface area contributed by atoms with Crippen LogP contribution in [0.25, 0.3) is 11.1 Å². The van der Waals surface area contributed by atoms with Crippen molar-refractivity contribution in [3.63, 3.8) is 0 Å². The molecule has 1 heterocycles. The van der Waals surface area contributed by atoms with Gasteiger partial charge >= 0.3 is 6.09 Å². The third-order valence-electron chi connectivity index (χ3n) is 6.72. The Morgan fingerprint density at radius 1 is 1.04 bits per heavy atom. The van der Waals surface area contributed by atoms with Gasteiger partial charge in [-0.25, -0.2) is 4.79 Å². The van der Waals surface area contributed by atoms with Gasteiger partial charge in [-0.05, 0) is 53.0 Å². The van der Waals surface area contributed by atoms with Crippen molar-refractivity contribution in [2.75, 3.05) is 26.2 Å². The molecule has 0 spiro atoms. The molecule has 1 fully saturated rings. The topological polar surface area (TPSA) is 55.6 Å². The summed E-state index contributed by atoms with van der Waals surface area (Å²) < 4.78 is 5.79. The third kappa shape index (κ3) is 3.42. The van der Waals surface area contributed by atoms with Gasteiger partial charge in [0, 0.05) is 19.0 Å². The quantitative estimate of drug-likeness (QED) is 0.844. The molecule has 4 heteroatoms. The van der Waals surface area contributed by atoms with E-state index in [2.05, 4.69) is 62.4 Å². The summed E-state index contributed by atoms with van der Waals surface area (Å²) in [6.45, 7) is 7.03. The number of nitrogens with zero attached hydrogens (tertiary/aromatic N) is 1. The number of benzene rings is 2. The van der Waals surface area contributed by atoms with Gasteiger partial charge in [0.15, 0.2) is 0 Å². The molecule has 2 aromatic carbocycles. The zero-order chi connectivity index (χ0) is 19.7. The van der Waals surface area contributed by atoms with Gasteiger partial charge in [0.25, 0.3) is 0 Å². The maximum atomic E-state index is 12.7. The minimum atomic E-state index is -0.189. The van der Waals surface area contributed by atoms with Crippen molar-refractivity contribution >= 4 is 6.09 Å². The molecule has 0 unspecified atom stereocenters. The van der Waals surface area contributed by atoms with Crippen molar-refractivity contribution in [3.8, 4) is 11.1 Å². The number of rotatable bonds is 4. The molecular formula is C24H30N2O2. The molecule has 2 aliphatic rings. The van der Waals surface area contributed by atoms with Crippen molar-refractivity contribution in [1.29, 1.82) is 0 Å². The normalized spacial score (nSPS) is 17.3. The number of amides is 1. The molecule has 28 heavy (non-hydrogen) atoms. The number of nitrogens with two attached hydrogens (primary N) is 1. The Bertz CT molecular complexity index is 808. The number of carbonyl (C=O) groups excluding carboxylic acids is 1. The fourth-order valence-electron chi connectivity index (χ4n) is 4.70. The molecule has 1 aliphatic carbocycles. The van der Waals surface area contributed by atoms with Crippen molar-refractivity contribution in [3.05, 3.63) is 59.7 Å². The summed E-state index contributed by atoms with van der Waals surface area (Å²) in [7, 11) is 0. The standard InChI is InChI=1S/C24H30N2O2/c1-24(2,16-25)17-11-13-26(14-12-17)23(27)28-15-22-20-9-5-3-7-18(20)19-8-4-6-10-21(19)22/h3-10,17,22H,11-16,25H2,1-2H3. The molecule has 0 radical (unpaired) electrons. The van der Waals surface area contributed by atoms with Crippen LogP contribution in [0.2, 0.25) is 0 Å². The molecule has 2 N–H and O–H groups in total. The minimum absolute atomic E-state index is 0.116. The highest BCUT2D eigenvalue weighted by atomic mass is 16.6. The number of fused-ring (bicyclic) bond motifs is 3. The van der Waals surface area contributed by atoms with Crippen LogP contribution in [-0.2, 0) is 4.74 Å². The summed E-state index contributed by atoms with van der Waals surface area (Å²) in [5.41, 5.74) is 11.1. The van der Waals surface area contributed by atoms with Crippen molar-refractivity contribution in [1.82, 2.24) is 4.90 Å². The first kappa shape index (κ1) is 19.0. The van der Waals surface area contributed by atoms with E-state index in [0.29, 0.717) is 19.1 Å². The van der Waals surface area contributed by atoms with Crippen LogP contribution in [0, 0.1) is 11.3 Å². The number of hydrogen-bond donors (Lipinski definition) is 1. The van der Waals surface area contributed by atoms with E-state index in [1.807, 2.05) is 4.90 Å². The lowest BCUT2D eigenvalue weighted by atomic mass is 9.74. The predicted molar refractivity (Wildman–Crippen MR) is 112 cm³/mol. The van der Waals surface area contributed by atoms with Gasteiger partial charge in [0.1, 0.15) is 6.61 Å². The monoisotopic (exact) mass is 378 g/mol. The fourth-order valence-corrected chi connectivity index (χ4v) is 4.70. The first-order valence-corrected chi connectivity index (χ1v) is 10.3. The zero-order valence-corrected chi connectivity index (χ0v) is 16.9. The number of likely N-dealkylation sites (tertiary alicyclic amines) is 1. The first-order chi connectivity index (χ1) is 13.5. The predicted octanol–water partition coefficient (Wildman–Crippen LogP) is 4.63. The minimum Gasteiger partial charge on any atom is -0.448 e. The molecule has 1 aliphatic heterocycles. The van der Waals surface area contributed by atoms with Crippen LogP contribution in [0.1, 0.15) is 43.7 Å². The Morgan fingerprint density at radius 3 is 2.11 bits per heavy atom. The van der Waals surface area contributed by atoms with E-state index in [1.165, 1.54) is 22.3 Å². The first-order valence-electron chi connectivity index (χ1n) is 10.3. The molecule has 4 nitrogen and oxygen atoms in total. The summed E-state index contributed by atoms with van der Waals surface area (Å²) in [4.78, 5) is 14.5. The van der Waals surface area contributed by atoms with Gasteiger partial charge in [-0.3, -0.25) is 0 Å². The number of carbonyl (C=O) groups is 1. The van der Waals surface area contributed by atoms with E-state index in [0.717, 1.165) is 25.9 Å². The third-order valence-corrected chi connectivity index (χ3v) is 6.72. The highest BCUT2D eigenvalue weighted by Gasteiger charge is 2.34. The average Bonchev–Trinajstić information content (AvgIpc) is 3.06. The van der Waals surface area contributed by atoms with E-state index in [4.69, 9.17) is 10.5 Å². The molecule has 1 amide bonds. The zero-order valence-electron chi connectivity index (χ0n) is 16.9. The summed E-state index contributed by atoms with van der Waals surface area (Å²) in [6, 6.07) is 16.9. The van der Waals surface area contributed by atoms with E-state index in [1.54, 1.807) is 0 Å². The molecule has 148 valence electrons. The summed E-state index contributed by atoms with van der Waals surface area (Å²) in [5, 5.41) is 0. The Hall–Kier alpha value is -2.33. The highest BCUT2D eigenvalue weighted by molar-refractivity contribution is 5.79. The Balaban J connectivity index is 1.40. The van der Waals surface area contributed by atoms with Crippen LogP contribution < -0.4 is 5.73 Å². The lowest BCUT2D eigenvalue weighted by Crippen LogP contribution is -2.44. The molecule has 2 aromatic rings. The van der Waals surface area contributed by atoms with Crippen molar-refractivity contribution in [2.24, 2.45) is 17.1 Å². The molecule has 0 bridgehead atoms. The van der Waals surface area contributed by atoms with Crippen LogP contribution >= 0.6 is 0 Å². The highest BCUT2D eigenvalue weighted by Crippen LogP contribution is 2.44. The van der Waals surface area contributed by atoms with Gasteiger partial charge in [-0.2, -0.15) is 0 Å². The molecule has 0 atom stereocenters. The van der Waals surface area contributed by atoms with E-state index in [-0.39, 0.29) is 17.4 Å². The molecule has 0 saturated carbocycles. The van der Waals surface area contributed by atoms with E-state index < -0.39 is 0 Å². The van der Waals surface area contributed by atoms with Gasteiger partial charge in [-0.15, -0.1) is 0 Å². The molecular weight excluding hydrogens is 348 g/mol. The summed E-state index contributed by atoms with van der Waals surface area (Å²) in [6.07, 6.45) is 1.80. The fraction of sp³-hybridized carbons (Fsp3) is 0.458. The van der Waals surface area contributed by atoms with Crippen LogP contribution in [0.5, 0.6) is 0 Å². The SMILES string of the molecule is CC(C)(CN)C1CCN(C(=O)OCC2c3ccccc3-c3ccccc32)CC1. The Labute approximate surface area is 167 Å². The smallest absolute Gasteiger partial charge is 0.409 e. The van der Waals surface area contributed by atoms with Crippen LogP contribution in [-0.4, -0.2) is 37.2 Å².